The molecule has 0 spiro atoms. The van der Waals surface area contributed by atoms with E-state index < -0.39 is 11.6 Å². The Morgan fingerprint density at radius 3 is 2.42 bits per heavy atom. The van der Waals surface area contributed by atoms with Crippen LogP contribution in [0.15, 0.2) is 24.4 Å². The number of benzene rings is 1. The molecule has 5 heteroatoms. The molecule has 2 N–H and O–H groups in total. The lowest BCUT2D eigenvalue weighted by Crippen LogP contribution is -2.02. The summed E-state index contributed by atoms with van der Waals surface area (Å²) in [4.78, 5) is 0. The maximum Gasteiger partial charge on any atom is 0.126 e. The molecule has 2 rings (SSSR count). The molecule has 2 aromatic rings. The van der Waals surface area contributed by atoms with Crippen molar-refractivity contribution >= 4 is 5.69 Å². The molecule has 1 aromatic heterocycles. The van der Waals surface area contributed by atoms with E-state index in [-0.39, 0.29) is 0 Å². The van der Waals surface area contributed by atoms with Crippen molar-refractivity contribution in [2.75, 3.05) is 5.73 Å². The van der Waals surface area contributed by atoms with Gasteiger partial charge in [0.1, 0.15) is 17.3 Å². The molecule has 0 aliphatic heterocycles. The first kappa shape index (κ1) is 13.5. The highest BCUT2D eigenvalue weighted by atomic mass is 19.1. The third-order valence-electron chi connectivity index (χ3n) is 2.86. The van der Waals surface area contributed by atoms with Crippen LogP contribution in [0.1, 0.15) is 20.3 Å². The van der Waals surface area contributed by atoms with E-state index in [1.54, 1.807) is 10.9 Å². The Morgan fingerprint density at radius 2 is 1.84 bits per heavy atom. The number of nitrogens with zero attached hydrogens (tertiary/aromatic N) is 2. The van der Waals surface area contributed by atoms with Gasteiger partial charge in [-0.2, -0.15) is 5.10 Å². The zero-order valence-corrected chi connectivity index (χ0v) is 11.0. The van der Waals surface area contributed by atoms with Gasteiger partial charge in [-0.05, 0) is 24.5 Å². The Bertz CT molecular complexity index is 556. The fourth-order valence-corrected chi connectivity index (χ4v) is 1.86. The van der Waals surface area contributed by atoms with Gasteiger partial charge in [0.15, 0.2) is 0 Å². The number of hydrogen-bond acceptors (Lipinski definition) is 2. The van der Waals surface area contributed by atoms with E-state index in [2.05, 4.69) is 18.9 Å². The van der Waals surface area contributed by atoms with Crippen LogP contribution < -0.4 is 5.73 Å². The summed E-state index contributed by atoms with van der Waals surface area (Å²) >= 11 is 0. The molecule has 102 valence electrons. The molecule has 0 radical (unpaired) electrons. The van der Waals surface area contributed by atoms with Crippen LogP contribution in [0.3, 0.4) is 0 Å². The van der Waals surface area contributed by atoms with Gasteiger partial charge in [0.05, 0.1) is 5.69 Å². The largest absolute Gasteiger partial charge is 0.396 e. The molecule has 0 fully saturated rings. The second-order valence-electron chi connectivity index (χ2n) is 5.04. The van der Waals surface area contributed by atoms with Gasteiger partial charge >= 0.3 is 0 Å². The minimum atomic E-state index is -0.633. The van der Waals surface area contributed by atoms with Crippen LogP contribution in [-0.2, 0) is 6.54 Å². The molecule has 1 heterocycles. The van der Waals surface area contributed by atoms with Gasteiger partial charge in [-0.25, -0.2) is 8.78 Å². The molecular formula is C14H17F2N3. The second-order valence-corrected chi connectivity index (χ2v) is 5.04. The van der Waals surface area contributed by atoms with E-state index in [0.717, 1.165) is 19.0 Å². The quantitative estimate of drug-likeness (QED) is 0.920. The van der Waals surface area contributed by atoms with Crippen LogP contribution >= 0.6 is 0 Å². The minimum absolute atomic E-state index is 0.360. The Hall–Kier alpha value is -1.91. The summed E-state index contributed by atoms with van der Waals surface area (Å²) in [5.74, 6) is -0.710. The number of hydrogen-bond donors (Lipinski definition) is 1. The smallest absolute Gasteiger partial charge is 0.126 e. The molecule has 3 nitrogen and oxygen atoms in total. The van der Waals surface area contributed by atoms with E-state index >= 15 is 0 Å². The number of anilines is 1. The Morgan fingerprint density at radius 1 is 1.21 bits per heavy atom. The molecule has 0 aliphatic carbocycles. The lowest BCUT2D eigenvalue weighted by molar-refractivity contribution is 0.488. The van der Waals surface area contributed by atoms with E-state index in [9.17, 15) is 8.78 Å². The molecule has 0 atom stereocenters. The standard InChI is InChI=1S/C14H17F2N3/c1-9(2)3-4-19-8-13(17)14(18-19)10-5-11(15)7-12(16)6-10/h5-9H,3-4,17H2,1-2H3. The predicted molar refractivity (Wildman–Crippen MR) is 71.4 cm³/mol. The summed E-state index contributed by atoms with van der Waals surface area (Å²) in [7, 11) is 0. The maximum absolute atomic E-state index is 13.2. The highest BCUT2D eigenvalue weighted by molar-refractivity contribution is 5.71. The van der Waals surface area contributed by atoms with Crippen molar-refractivity contribution in [1.82, 2.24) is 9.78 Å². The van der Waals surface area contributed by atoms with Crippen molar-refractivity contribution in [1.29, 1.82) is 0 Å². The van der Waals surface area contributed by atoms with Crippen LogP contribution in [0.25, 0.3) is 11.3 Å². The van der Waals surface area contributed by atoms with E-state index in [4.69, 9.17) is 5.73 Å². The third kappa shape index (κ3) is 3.30. The van der Waals surface area contributed by atoms with Crippen molar-refractivity contribution in [2.24, 2.45) is 5.92 Å². The van der Waals surface area contributed by atoms with Gasteiger partial charge < -0.3 is 5.73 Å². The first-order valence-electron chi connectivity index (χ1n) is 6.25. The number of halogens is 2. The summed E-state index contributed by atoms with van der Waals surface area (Å²) in [5, 5.41) is 4.29. The number of nitrogen functional groups attached to an aromatic ring is 1. The highest BCUT2D eigenvalue weighted by Gasteiger charge is 2.11. The van der Waals surface area contributed by atoms with Crippen molar-refractivity contribution in [3.8, 4) is 11.3 Å². The van der Waals surface area contributed by atoms with Gasteiger partial charge in [0.25, 0.3) is 0 Å². The minimum Gasteiger partial charge on any atom is -0.396 e. The molecule has 0 unspecified atom stereocenters. The predicted octanol–water partition coefficient (Wildman–Crippen LogP) is 3.46. The van der Waals surface area contributed by atoms with E-state index in [1.165, 1.54) is 12.1 Å². The van der Waals surface area contributed by atoms with Crippen molar-refractivity contribution < 1.29 is 8.78 Å². The Balaban J connectivity index is 2.29. The van der Waals surface area contributed by atoms with E-state index in [0.29, 0.717) is 22.9 Å². The van der Waals surface area contributed by atoms with Crippen molar-refractivity contribution in [2.45, 2.75) is 26.8 Å². The molecule has 0 bridgehead atoms. The lowest BCUT2D eigenvalue weighted by Gasteiger charge is -2.04. The number of aryl methyl sites for hydroxylation is 1. The third-order valence-corrected chi connectivity index (χ3v) is 2.86. The number of rotatable bonds is 4. The van der Waals surface area contributed by atoms with E-state index in [1.807, 2.05) is 0 Å². The van der Waals surface area contributed by atoms with Crippen molar-refractivity contribution in [3.63, 3.8) is 0 Å². The average molecular weight is 265 g/mol. The average Bonchev–Trinajstić information content (AvgIpc) is 2.66. The van der Waals surface area contributed by atoms with Crippen LogP contribution in [0.2, 0.25) is 0 Å². The first-order chi connectivity index (χ1) is 8.95. The SMILES string of the molecule is CC(C)CCn1cc(N)c(-c2cc(F)cc(F)c2)n1. The first-order valence-corrected chi connectivity index (χ1v) is 6.25. The van der Waals surface area contributed by atoms with Gasteiger partial charge in [0.2, 0.25) is 0 Å². The van der Waals surface area contributed by atoms with Gasteiger partial charge in [-0.15, -0.1) is 0 Å². The molecule has 0 saturated carbocycles. The van der Waals surface area contributed by atoms with Gasteiger partial charge in [-0.3, -0.25) is 4.68 Å². The topological polar surface area (TPSA) is 43.8 Å². The van der Waals surface area contributed by atoms with Crippen molar-refractivity contribution in [3.05, 3.63) is 36.0 Å². The summed E-state index contributed by atoms with van der Waals surface area (Å²) < 4.78 is 28.1. The zero-order chi connectivity index (χ0) is 14.0. The van der Waals surface area contributed by atoms with Crippen LogP contribution in [0.4, 0.5) is 14.5 Å². The monoisotopic (exact) mass is 265 g/mol. The Labute approximate surface area is 111 Å². The molecule has 1 aromatic carbocycles. The maximum atomic E-state index is 13.2. The fourth-order valence-electron chi connectivity index (χ4n) is 1.86. The van der Waals surface area contributed by atoms with Gasteiger partial charge in [-0.1, -0.05) is 13.8 Å². The van der Waals surface area contributed by atoms with Crippen LogP contribution in [-0.4, -0.2) is 9.78 Å². The fraction of sp³-hybridized carbons (Fsp3) is 0.357. The molecule has 0 saturated heterocycles. The Kier molecular flexibility index (Phi) is 3.83. The zero-order valence-electron chi connectivity index (χ0n) is 11.0. The molecule has 19 heavy (non-hydrogen) atoms. The summed E-state index contributed by atoms with van der Waals surface area (Å²) in [6.07, 6.45) is 2.67. The second kappa shape index (κ2) is 5.38. The molecule has 0 aliphatic rings. The lowest BCUT2D eigenvalue weighted by atomic mass is 10.1. The number of nitrogens with two attached hydrogens (primary N) is 1. The molecular weight excluding hydrogens is 248 g/mol. The summed E-state index contributed by atoms with van der Waals surface area (Å²) in [6, 6.07) is 3.29. The summed E-state index contributed by atoms with van der Waals surface area (Å²) in [6.45, 7) is 4.98. The highest BCUT2D eigenvalue weighted by Crippen LogP contribution is 2.25. The molecule has 0 amide bonds. The van der Waals surface area contributed by atoms with Gasteiger partial charge in [0, 0.05) is 24.4 Å². The normalized spacial score (nSPS) is 11.2. The summed E-state index contributed by atoms with van der Waals surface area (Å²) in [5.41, 5.74) is 7.05. The number of aromatic nitrogens is 2. The van der Waals surface area contributed by atoms with Crippen LogP contribution in [0, 0.1) is 17.6 Å². The van der Waals surface area contributed by atoms with Crippen LogP contribution in [0.5, 0.6) is 0 Å².